The second kappa shape index (κ2) is 5.65. The SMILES string of the molecule is CCCCC[C]1([Hf]([CH3])[CH3])C=Cc2ccccc21. The number of hydrogen-bond acceptors (Lipinski definition) is 0. The van der Waals surface area contributed by atoms with Crippen molar-refractivity contribution >= 4 is 6.08 Å². The summed E-state index contributed by atoms with van der Waals surface area (Å²) in [4.78, 5) is 0. The van der Waals surface area contributed by atoms with Crippen molar-refractivity contribution in [3.8, 4) is 0 Å². The van der Waals surface area contributed by atoms with E-state index in [9.17, 15) is 0 Å². The molecule has 0 amide bonds. The molecular formula is C16H23Hf. The van der Waals surface area contributed by atoms with Crippen molar-refractivity contribution < 1.29 is 21.4 Å². The molecule has 17 heavy (non-hydrogen) atoms. The molecule has 1 unspecified atom stereocenters. The van der Waals surface area contributed by atoms with Gasteiger partial charge in [-0.15, -0.1) is 0 Å². The van der Waals surface area contributed by atoms with E-state index in [0.29, 0.717) is 3.17 Å². The first-order valence-electron chi connectivity index (χ1n) is 6.80. The summed E-state index contributed by atoms with van der Waals surface area (Å²) >= 11 is -1.47. The van der Waals surface area contributed by atoms with E-state index in [2.05, 4.69) is 52.7 Å². The Morgan fingerprint density at radius 1 is 1.12 bits per heavy atom. The molecule has 1 atom stereocenters. The zero-order valence-electron chi connectivity index (χ0n) is 11.3. The number of fused-ring (bicyclic) bond motifs is 1. The Balaban J connectivity index is 2.28. The zero-order valence-corrected chi connectivity index (χ0v) is 14.9. The average molecular weight is 394 g/mol. The molecule has 0 aromatic heterocycles. The molecule has 0 spiro atoms. The summed E-state index contributed by atoms with van der Waals surface area (Å²) in [6.45, 7) is 2.30. The van der Waals surface area contributed by atoms with Gasteiger partial charge in [0.05, 0.1) is 0 Å². The van der Waals surface area contributed by atoms with E-state index in [1.54, 1.807) is 5.56 Å². The summed E-state index contributed by atoms with van der Waals surface area (Å²) in [5, 5.41) is 0. The van der Waals surface area contributed by atoms with Crippen LogP contribution in [0, 0.1) is 0 Å². The van der Waals surface area contributed by atoms with E-state index in [1.165, 1.54) is 31.2 Å². The molecule has 1 aromatic carbocycles. The van der Waals surface area contributed by atoms with Crippen LogP contribution in [0.15, 0.2) is 30.3 Å². The van der Waals surface area contributed by atoms with Crippen LogP contribution in [0.25, 0.3) is 6.08 Å². The number of rotatable bonds is 5. The molecule has 0 radical (unpaired) electrons. The van der Waals surface area contributed by atoms with Crippen molar-refractivity contribution in [1.29, 1.82) is 0 Å². The van der Waals surface area contributed by atoms with E-state index < -0.39 is 21.4 Å². The second-order valence-electron chi connectivity index (χ2n) is 5.35. The van der Waals surface area contributed by atoms with Crippen LogP contribution in [0.1, 0.15) is 43.7 Å². The van der Waals surface area contributed by atoms with Crippen molar-refractivity contribution in [1.82, 2.24) is 0 Å². The number of hydrogen-bond donors (Lipinski definition) is 0. The van der Waals surface area contributed by atoms with E-state index >= 15 is 0 Å². The molecule has 2 rings (SSSR count). The van der Waals surface area contributed by atoms with Crippen molar-refractivity contribution in [3.05, 3.63) is 41.5 Å². The zero-order chi connectivity index (χ0) is 12.3. The monoisotopic (exact) mass is 395 g/mol. The molecule has 0 bridgehead atoms. The minimum atomic E-state index is -1.47. The van der Waals surface area contributed by atoms with Crippen LogP contribution in [0.3, 0.4) is 0 Å². The van der Waals surface area contributed by atoms with Crippen LogP contribution in [-0.2, 0) is 24.6 Å². The van der Waals surface area contributed by atoms with E-state index in [4.69, 9.17) is 0 Å². The van der Waals surface area contributed by atoms with Crippen molar-refractivity contribution in [2.75, 3.05) is 0 Å². The fourth-order valence-electron chi connectivity index (χ4n) is 2.93. The van der Waals surface area contributed by atoms with Gasteiger partial charge >= 0.3 is 114 Å². The van der Waals surface area contributed by atoms with Gasteiger partial charge in [0.25, 0.3) is 0 Å². The first-order chi connectivity index (χ1) is 8.20. The molecule has 1 aromatic rings. The molecule has 1 aliphatic rings. The predicted octanol–water partition coefficient (Wildman–Crippen LogP) is 5.20. The fraction of sp³-hybridized carbons (Fsp3) is 0.500. The Morgan fingerprint density at radius 3 is 2.59 bits per heavy atom. The maximum atomic E-state index is 2.57. The minimum absolute atomic E-state index is 0.510. The van der Waals surface area contributed by atoms with Gasteiger partial charge in [-0.3, -0.25) is 0 Å². The van der Waals surface area contributed by atoms with Gasteiger partial charge in [-0.2, -0.15) is 0 Å². The molecule has 0 N–H and O–H groups in total. The summed E-state index contributed by atoms with van der Waals surface area (Å²) in [5.41, 5.74) is 3.12. The standard InChI is InChI=1S/C14H17.2CH3.Hf/c1-2-3-4-7-12-10-11-13-8-5-6-9-14(12)13;;;/h5-6,8-11H,2-4,7H2,1H3;2*1H3;. The van der Waals surface area contributed by atoms with Gasteiger partial charge < -0.3 is 0 Å². The topological polar surface area (TPSA) is 0 Å². The van der Waals surface area contributed by atoms with Gasteiger partial charge in [-0.1, -0.05) is 0 Å². The van der Waals surface area contributed by atoms with Crippen LogP contribution in [-0.4, -0.2) is 0 Å². The summed E-state index contributed by atoms with van der Waals surface area (Å²) in [5.74, 6) is 0. The van der Waals surface area contributed by atoms with Crippen molar-refractivity contribution in [2.45, 2.75) is 45.1 Å². The van der Waals surface area contributed by atoms with Crippen LogP contribution in [0.4, 0.5) is 0 Å². The Labute approximate surface area is 114 Å². The molecule has 91 valence electrons. The molecule has 0 saturated carbocycles. The molecule has 1 aliphatic carbocycles. The van der Waals surface area contributed by atoms with Crippen LogP contribution in [0.2, 0.25) is 9.36 Å². The van der Waals surface area contributed by atoms with Gasteiger partial charge in [0.1, 0.15) is 0 Å². The molecule has 0 heterocycles. The Morgan fingerprint density at radius 2 is 1.88 bits per heavy atom. The summed E-state index contributed by atoms with van der Waals surface area (Å²) in [6.07, 6.45) is 10.4. The number of benzene rings is 1. The van der Waals surface area contributed by atoms with E-state index in [-0.39, 0.29) is 0 Å². The van der Waals surface area contributed by atoms with E-state index in [1.807, 2.05) is 0 Å². The average Bonchev–Trinajstić information content (AvgIpc) is 2.70. The Hall–Kier alpha value is -0.170. The molecule has 1 heteroatoms. The quantitative estimate of drug-likeness (QED) is 0.476. The third-order valence-corrected chi connectivity index (χ3v) is 12.9. The Kier molecular flexibility index (Phi) is 4.41. The van der Waals surface area contributed by atoms with Crippen LogP contribution in [0.5, 0.6) is 0 Å². The third kappa shape index (κ3) is 2.50. The van der Waals surface area contributed by atoms with Gasteiger partial charge in [0.2, 0.25) is 0 Å². The first kappa shape index (κ1) is 13.3. The molecular weight excluding hydrogens is 371 g/mol. The summed E-state index contributed by atoms with van der Waals surface area (Å²) in [7, 11) is 0. The van der Waals surface area contributed by atoms with Gasteiger partial charge in [-0.25, -0.2) is 0 Å². The second-order valence-corrected chi connectivity index (χ2v) is 15.7. The van der Waals surface area contributed by atoms with Gasteiger partial charge in [0.15, 0.2) is 0 Å². The van der Waals surface area contributed by atoms with Crippen LogP contribution >= 0.6 is 0 Å². The van der Waals surface area contributed by atoms with Gasteiger partial charge in [0, 0.05) is 0 Å². The maximum absolute atomic E-state index is 2.57. The predicted molar refractivity (Wildman–Crippen MR) is 73.0 cm³/mol. The van der Waals surface area contributed by atoms with Gasteiger partial charge in [-0.05, 0) is 0 Å². The molecule has 0 aliphatic heterocycles. The molecule has 0 nitrogen and oxygen atoms in total. The molecule has 0 fully saturated rings. The summed E-state index contributed by atoms with van der Waals surface area (Å²) in [6, 6.07) is 9.04. The van der Waals surface area contributed by atoms with E-state index in [0.717, 1.165) is 0 Å². The summed E-state index contributed by atoms with van der Waals surface area (Å²) < 4.78 is 5.66. The van der Waals surface area contributed by atoms with Crippen molar-refractivity contribution in [3.63, 3.8) is 0 Å². The number of allylic oxidation sites excluding steroid dienone is 1. The third-order valence-electron chi connectivity index (χ3n) is 4.06. The first-order valence-corrected chi connectivity index (χ1v) is 15.8. The normalized spacial score (nSPS) is 21.6. The van der Waals surface area contributed by atoms with Crippen LogP contribution < -0.4 is 0 Å². The Bertz CT molecular complexity index is 406. The number of unbranched alkanes of at least 4 members (excludes halogenated alkanes) is 2. The molecule has 0 saturated heterocycles. The van der Waals surface area contributed by atoms with Crippen molar-refractivity contribution in [2.24, 2.45) is 0 Å². The fourth-order valence-corrected chi connectivity index (χ4v) is 9.61.